The van der Waals surface area contributed by atoms with E-state index in [0.717, 1.165) is 24.5 Å². The number of ether oxygens (including phenoxy) is 1. The van der Waals surface area contributed by atoms with Crippen LogP contribution in [0.1, 0.15) is 78.1 Å². The Hall–Kier alpha value is -0.0800. The fourth-order valence-corrected chi connectivity index (χ4v) is 4.75. The highest BCUT2D eigenvalue weighted by atomic mass is 16.5. The maximum absolute atomic E-state index is 6.22. The van der Waals surface area contributed by atoms with E-state index in [1.54, 1.807) is 0 Å². The summed E-state index contributed by atoms with van der Waals surface area (Å²) < 4.78 is 6.22. The molecule has 2 saturated carbocycles. The zero-order valence-electron chi connectivity index (χ0n) is 13.5. The number of nitrogens with one attached hydrogen (secondary N) is 1. The van der Waals surface area contributed by atoms with Gasteiger partial charge in [-0.25, -0.2) is 0 Å². The van der Waals surface area contributed by atoms with Crippen molar-refractivity contribution in [3.8, 4) is 0 Å². The molecule has 20 heavy (non-hydrogen) atoms. The van der Waals surface area contributed by atoms with E-state index < -0.39 is 0 Å². The summed E-state index contributed by atoms with van der Waals surface area (Å²) in [6, 6.07) is 1.48. The van der Waals surface area contributed by atoms with E-state index in [4.69, 9.17) is 4.74 Å². The minimum atomic E-state index is 0.252. The molecule has 3 aliphatic rings. The third kappa shape index (κ3) is 3.39. The van der Waals surface area contributed by atoms with Gasteiger partial charge in [0.25, 0.3) is 0 Å². The largest absolute Gasteiger partial charge is 0.375 e. The van der Waals surface area contributed by atoms with Crippen molar-refractivity contribution in [2.45, 2.75) is 95.7 Å². The minimum Gasteiger partial charge on any atom is -0.375 e. The Labute approximate surface area is 125 Å². The Bertz CT molecular complexity index is 305. The molecule has 0 aromatic carbocycles. The molecular formula is C18H33NO. The normalized spacial score (nSPS) is 41.7. The summed E-state index contributed by atoms with van der Waals surface area (Å²) in [6.07, 6.45) is 13.5. The van der Waals surface area contributed by atoms with Gasteiger partial charge in [-0.05, 0) is 56.8 Å². The van der Waals surface area contributed by atoms with Gasteiger partial charge >= 0.3 is 0 Å². The van der Waals surface area contributed by atoms with Crippen LogP contribution in [0.25, 0.3) is 0 Å². The third-order valence-corrected chi connectivity index (χ3v) is 6.33. The van der Waals surface area contributed by atoms with Crippen molar-refractivity contribution in [1.29, 1.82) is 0 Å². The first kappa shape index (κ1) is 14.8. The van der Waals surface area contributed by atoms with Gasteiger partial charge in [-0.2, -0.15) is 0 Å². The number of hydrogen-bond acceptors (Lipinski definition) is 2. The lowest BCUT2D eigenvalue weighted by Crippen LogP contribution is -2.51. The zero-order valence-corrected chi connectivity index (χ0v) is 13.5. The molecule has 0 aromatic heterocycles. The summed E-state index contributed by atoms with van der Waals surface area (Å²) in [5.41, 5.74) is 0.252. The molecule has 4 unspecified atom stereocenters. The van der Waals surface area contributed by atoms with Crippen molar-refractivity contribution in [2.24, 2.45) is 11.8 Å². The van der Waals surface area contributed by atoms with Crippen LogP contribution in [0, 0.1) is 11.8 Å². The van der Waals surface area contributed by atoms with E-state index in [-0.39, 0.29) is 5.60 Å². The molecule has 116 valence electrons. The highest BCUT2D eigenvalue weighted by Crippen LogP contribution is 2.39. The van der Waals surface area contributed by atoms with E-state index in [2.05, 4.69) is 19.2 Å². The van der Waals surface area contributed by atoms with Crippen LogP contribution in [-0.4, -0.2) is 24.3 Å². The molecule has 0 amide bonds. The molecule has 3 fully saturated rings. The molecule has 1 saturated heterocycles. The van der Waals surface area contributed by atoms with Gasteiger partial charge in [-0.15, -0.1) is 0 Å². The first-order valence-corrected chi connectivity index (χ1v) is 9.07. The second-order valence-corrected chi connectivity index (χ2v) is 7.91. The van der Waals surface area contributed by atoms with Crippen LogP contribution in [0.3, 0.4) is 0 Å². The average Bonchev–Trinajstić information content (AvgIpc) is 2.44. The fraction of sp³-hybridized carbons (Fsp3) is 1.00. The SMILES string of the molecule is CC1CCC(NC2CCOC3(CCCCC3)C2)CC1C. The summed E-state index contributed by atoms with van der Waals surface area (Å²) in [7, 11) is 0. The van der Waals surface area contributed by atoms with E-state index in [1.807, 2.05) is 0 Å². The lowest BCUT2D eigenvalue weighted by Gasteiger charge is -2.45. The minimum absolute atomic E-state index is 0.252. The molecular weight excluding hydrogens is 246 g/mol. The van der Waals surface area contributed by atoms with E-state index in [1.165, 1.54) is 64.2 Å². The van der Waals surface area contributed by atoms with Crippen molar-refractivity contribution in [3.05, 3.63) is 0 Å². The molecule has 1 heterocycles. The van der Waals surface area contributed by atoms with Crippen LogP contribution in [0.15, 0.2) is 0 Å². The van der Waals surface area contributed by atoms with Crippen molar-refractivity contribution >= 4 is 0 Å². The smallest absolute Gasteiger partial charge is 0.0697 e. The standard InChI is InChI=1S/C18H33NO/c1-14-6-7-16(12-15(14)2)19-17-8-11-20-18(13-17)9-4-3-5-10-18/h14-17,19H,3-13H2,1-2H3. The van der Waals surface area contributed by atoms with Crippen LogP contribution in [0.5, 0.6) is 0 Å². The lowest BCUT2D eigenvalue weighted by molar-refractivity contribution is -0.110. The average molecular weight is 279 g/mol. The summed E-state index contributed by atoms with van der Waals surface area (Å²) in [5, 5.41) is 4.00. The quantitative estimate of drug-likeness (QED) is 0.814. The molecule has 1 aliphatic heterocycles. The van der Waals surface area contributed by atoms with Crippen molar-refractivity contribution in [2.75, 3.05) is 6.61 Å². The maximum atomic E-state index is 6.22. The van der Waals surface area contributed by atoms with Gasteiger partial charge in [0.15, 0.2) is 0 Å². The number of hydrogen-bond donors (Lipinski definition) is 1. The predicted molar refractivity (Wildman–Crippen MR) is 83.9 cm³/mol. The predicted octanol–water partition coefficient (Wildman–Crippen LogP) is 4.28. The summed E-state index contributed by atoms with van der Waals surface area (Å²) in [5.74, 6) is 1.82. The van der Waals surface area contributed by atoms with Crippen LogP contribution in [0.4, 0.5) is 0 Å². The molecule has 2 aliphatic carbocycles. The molecule has 1 N–H and O–H groups in total. The van der Waals surface area contributed by atoms with E-state index >= 15 is 0 Å². The topological polar surface area (TPSA) is 21.3 Å². The fourth-order valence-electron chi connectivity index (χ4n) is 4.75. The Morgan fingerprint density at radius 2 is 1.70 bits per heavy atom. The van der Waals surface area contributed by atoms with Crippen LogP contribution < -0.4 is 5.32 Å². The first-order chi connectivity index (χ1) is 9.67. The zero-order chi connectivity index (χ0) is 14.0. The van der Waals surface area contributed by atoms with Crippen molar-refractivity contribution in [3.63, 3.8) is 0 Å². The molecule has 2 heteroatoms. The van der Waals surface area contributed by atoms with Gasteiger partial charge in [0.1, 0.15) is 0 Å². The van der Waals surface area contributed by atoms with Gasteiger partial charge in [-0.1, -0.05) is 33.1 Å². The monoisotopic (exact) mass is 279 g/mol. The van der Waals surface area contributed by atoms with E-state index in [0.29, 0.717) is 6.04 Å². The van der Waals surface area contributed by atoms with Crippen molar-refractivity contribution < 1.29 is 4.74 Å². The highest BCUT2D eigenvalue weighted by Gasteiger charge is 2.39. The first-order valence-electron chi connectivity index (χ1n) is 9.07. The summed E-state index contributed by atoms with van der Waals surface area (Å²) in [6.45, 7) is 5.84. The van der Waals surface area contributed by atoms with Crippen LogP contribution >= 0.6 is 0 Å². The third-order valence-electron chi connectivity index (χ3n) is 6.33. The Balaban J connectivity index is 1.52. The molecule has 1 spiro atoms. The Morgan fingerprint density at radius 3 is 2.45 bits per heavy atom. The summed E-state index contributed by atoms with van der Waals surface area (Å²) >= 11 is 0. The van der Waals surface area contributed by atoms with Gasteiger partial charge in [0.05, 0.1) is 5.60 Å². The second-order valence-electron chi connectivity index (χ2n) is 7.91. The molecule has 0 aromatic rings. The molecule has 0 radical (unpaired) electrons. The number of rotatable bonds is 2. The highest BCUT2D eigenvalue weighted by molar-refractivity contribution is 4.93. The lowest BCUT2D eigenvalue weighted by atomic mass is 9.76. The summed E-state index contributed by atoms with van der Waals surface area (Å²) in [4.78, 5) is 0. The van der Waals surface area contributed by atoms with Gasteiger partial charge in [0.2, 0.25) is 0 Å². The molecule has 2 nitrogen and oxygen atoms in total. The van der Waals surface area contributed by atoms with Crippen LogP contribution in [-0.2, 0) is 4.74 Å². The van der Waals surface area contributed by atoms with Gasteiger partial charge < -0.3 is 10.1 Å². The molecule has 3 rings (SSSR count). The van der Waals surface area contributed by atoms with Crippen LogP contribution in [0.2, 0.25) is 0 Å². The van der Waals surface area contributed by atoms with Gasteiger partial charge in [0, 0.05) is 18.7 Å². The van der Waals surface area contributed by atoms with Crippen molar-refractivity contribution in [1.82, 2.24) is 5.32 Å². The second kappa shape index (κ2) is 6.36. The maximum Gasteiger partial charge on any atom is 0.0697 e. The molecule has 4 atom stereocenters. The Kier molecular flexibility index (Phi) is 4.72. The molecule has 0 bridgehead atoms. The van der Waals surface area contributed by atoms with Gasteiger partial charge in [-0.3, -0.25) is 0 Å². The van der Waals surface area contributed by atoms with E-state index in [9.17, 15) is 0 Å². The Morgan fingerprint density at radius 1 is 0.900 bits per heavy atom.